The lowest BCUT2D eigenvalue weighted by Crippen LogP contribution is -2.43. The highest BCUT2D eigenvalue weighted by molar-refractivity contribution is 5.78. The summed E-state index contributed by atoms with van der Waals surface area (Å²) in [5.41, 5.74) is 0. The summed E-state index contributed by atoms with van der Waals surface area (Å²) >= 11 is 0. The molecule has 0 aromatic rings. The van der Waals surface area contributed by atoms with Crippen LogP contribution in [0, 0.1) is 35.5 Å². The van der Waals surface area contributed by atoms with Crippen molar-refractivity contribution in [3.05, 3.63) is 0 Å². The van der Waals surface area contributed by atoms with Crippen molar-refractivity contribution in [1.29, 1.82) is 0 Å². The number of ether oxygens (including phenoxy) is 6. The van der Waals surface area contributed by atoms with E-state index < -0.39 is 5.79 Å². The number of rotatable bonds is 87. The fourth-order valence-electron chi connectivity index (χ4n) is 18.9. The van der Waals surface area contributed by atoms with E-state index in [2.05, 4.69) is 84.6 Å². The van der Waals surface area contributed by atoms with Crippen LogP contribution in [0.2, 0.25) is 0 Å². The molecule has 2 fully saturated rings. The summed E-state index contributed by atoms with van der Waals surface area (Å²) in [6.45, 7) is 24.9. The average molecular weight is 1650 g/mol. The Labute approximate surface area is 725 Å². The molecule has 2 rings (SSSR count). The van der Waals surface area contributed by atoms with Crippen LogP contribution < -0.4 is 5.32 Å². The van der Waals surface area contributed by atoms with E-state index in [4.69, 9.17) is 28.4 Å². The van der Waals surface area contributed by atoms with Crippen molar-refractivity contribution in [3.63, 3.8) is 0 Å². The molecule has 7 unspecified atom stereocenters. The second-order valence-corrected chi connectivity index (χ2v) is 37.7. The van der Waals surface area contributed by atoms with E-state index in [1.165, 1.54) is 225 Å². The van der Waals surface area contributed by atoms with Gasteiger partial charge in [-0.2, -0.15) is 0 Å². The molecule has 1 amide bonds. The zero-order chi connectivity index (χ0) is 85.0. The molecule has 2 saturated heterocycles. The Hall–Kier alpha value is -2.81. The molecule has 0 saturated carbocycles. The topological polar surface area (TPSA) is 159 Å². The first-order valence-electron chi connectivity index (χ1n) is 51.8. The van der Waals surface area contributed by atoms with E-state index in [1.807, 2.05) is 0 Å². The molecule has 2 aliphatic rings. The highest BCUT2D eigenvalue weighted by Crippen LogP contribution is 2.38. The molecule has 0 aromatic heterocycles. The van der Waals surface area contributed by atoms with Crippen LogP contribution in [0.1, 0.15) is 505 Å². The molecule has 0 spiro atoms. The predicted octanol–water partition coefficient (Wildman–Crippen LogP) is 28.8. The van der Waals surface area contributed by atoms with Gasteiger partial charge in [0.25, 0.3) is 0 Å². The number of esters is 4. The summed E-state index contributed by atoms with van der Waals surface area (Å²) in [6.07, 6.45) is 78.6. The van der Waals surface area contributed by atoms with Crippen LogP contribution in [0.25, 0.3) is 0 Å². The molecule has 0 aromatic carbocycles. The number of carbonyl (C=O) groups excluding carboxylic acids is 5. The smallest absolute Gasteiger partial charge is 0.305 e. The van der Waals surface area contributed by atoms with E-state index in [-0.39, 0.29) is 41.9 Å². The molecule has 117 heavy (non-hydrogen) atoms. The van der Waals surface area contributed by atoms with Gasteiger partial charge in [-0.1, -0.05) is 357 Å². The van der Waals surface area contributed by atoms with Crippen LogP contribution in [0.5, 0.6) is 0 Å². The van der Waals surface area contributed by atoms with Gasteiger partial charge in [-0.05, 0) is 172 Å². The molecule has 14 heteroatoms. The number of likely N-dealkylation sites (tertiary alicyclic amines) is 1. The maximum atomic E-state index is 13.3. The largest absolute Gasteiger partial charge is 0.466 e. The summed E-state index contributed by atoms with van der Waals surface area (Å²) in [5, 5.41) is 3.47. The Bertz CT molecular complexity index is 2230. The standard InChI is InChI=1S/C103H197N3O11/c1-11-19-42-59-90(60-43-20-12-2)74-83-112-99(108)67-50-35-27-25-33-48-65-96(104-98(107)88-106-80-56-41-57-81-106)66-49-34-26-28-36-51-70-102(111)115-86-77-93(64-47-24-16-6)87-95(58-17-7)94(18-8)72-71-92(63-46-23-15-5)76-85-114-101(110)69-53-38-30-32-40-55-79-103(116-89-97(117-103)73-82-105(9)10)78-54-39-31-29-37-52-68-100(109)113-84-75-91(61-44-21-13-3)62-45-22-14-4/h90-97H,11-89H2,1-10H3,(H,104,107). The van der Waals surface area contributed by atoms with Crippen LogP contribution >= 0.6 is 0 Å². The third kappa shape index (κ3) is 64.6. The monoisotopic (exact) mass is 1650 g/mol. The van der Waals surface area contributed by atoms with Crippen LogP contribution in [-0.2, 0) is 52.4 Å². The number of hydrogen-bond acceptors (Lipinski definition) is 13. The van der Waals surface area contributed by atoms with Crippen molar-refractivity contribution in [3.8, 4) is 0 Å². The van der Waals surface area contributed by atoms with Gasteiger partial charge in [0, 0.05) is 51.1 Å². The average Bonchev–Trinajstić information content (AvgIpc) is 1.66. The molecule has 0 bridgehead atoms. The molecule has 0 aliphatic carbocycles. The van der Waals surface area contributed by atoms with E-state index in [9.17, 15) is 24.0 Å². The Kier molecular flexibility index (Phi) is 74.6. The van der Waals surface area contributed by atoms with Crippen molar-refractivity contribution in [1.82, 2.24) is 15.1 Å². The number of carbonyl (C=O) groups is 5. The van der Waals surface area contributed by atoms with Crippen molar-refractivity contribution in [2.75, 3.05) is 73.3 Å². The molecule has 7 atom stereocenters. The van der Waals surface area contributed by atoms with Crippen molar-refractivity contribution < 1.29 is 52.4 Å². The van der Waals surface area contributed by atoms with Crippen LogP contribution in [-0.4, -0.2) is 131 Å². The lowest BCUT2D eigenvalue weighted by atomic mass is 9.75. The minimum Gasteiger partial charge on any atom is -0.466 e. The van der Waals surface area contributed by atoms with Gasteiger partial charge in [-0.25, -0.2) is 0 Å². The third-order valence-electron chi connectivity index (χ3n) is 26.6. The van der Waals surface area contributed by atoms with Gasteiger partial charge in [0.1, 0.15) is 0 Å². The fraction of sp³-hybridized carbons (Fsp3) is 0.951. The van der Waals surface area contributed by atoms with Gasteiger partial charge in [0.15, 0.2) is 5.79 Å². The number of unbranched alkanes of at least 4 members (excludes halogenated alkanes) is 32. The van der Waals surface area contributed by atoms with Crippen molar-refractivity contribution in [2.24, 2.45) is 35.5 Å². The molecule has 14 nitrogen and oxygen atoms in total. The molecule has 690 valence electrons. The number of hydrogen-bond donors (Lipinski definition) is 1. The summed E-state index contributed by atoms with van der Waals surface area (Å²) in [4.78, 5) is 69.4. The minimum absolute atomic E-state index is 0.0150. The van der Waals surface area contributed by atoms with Gasteiger partial charge >= 0.3 is 23.9 Å². The minimum atomic E-state index is -0.470. The lowest BCUT2D eigenvalue weighted by molar-refractivity contribution is -0.180. The Morgan fingerprint density at radius 1 is 0.368 bits per heavy atom. The zero-order valence-electron chi connectivity index (χ0n) is 79.4. The molecule has 1 N–H and O–H groups in total. The van der Waals surface area contributed by atoms with Crippen molar-refractivity contribution >= 4 is 29.8 Å². The molecule has 2 heterocycles. The number of piperidine rings is 1. The Morgan fingerprint density at radius 2 is 0.709 bits per heavy atom. The highest BCUT2D eigenvalue weighted by atomic mass is 16.7. The first-order chi connectivity index (χ1) is 57.1. The van der Waals surface area contributed by atoms with Gasteiger partial charge in [0.05, 0.1) is 45.7 Å². The van der Waals surface area contributed by atoms with Crippen LogP contribution in [0.3, 0.4) is 0 Å². The van der Waals surface area contributed by atoms with Gasteiger partial charge in [0.2, 0.25) is 5.91 Å². The first kappa shape index (κ1) is 110. The predicted molar refractivity (Wildman–Crippen MR) is 494 cm³/mol. The number of nitrogens with zero attached hydrogens (tertiary/aromatic N) is 2. The van der Waals surface area contributed by atoms with Gasteiger partial charge < -0.3 is 38.6 Å². The van der Waals surface area contributed by atoms with Gasteiger partial charge in [-0.3, -0.25) is 28.9 Å². The van der Waals surface area contributed by atoms with E-state index in [0.29, 0.717) is 101 Å². The van der Waals surface area contributed by atoms with Crippen LogP contribution in [0.4, 0.5) is 0 Å². The molecule has 2 aliphatic heterocycles. The third-order valence-corrected chi connectivity index (χ3v) is 26.6. The summed E-state index contributed by atoms with van der Waals surface area (Å²) in [5.74, 6) is 3.51. The summed E-state index contributed by atoms with van der Waals surface area (Å²) in [6, 6.07) is 0.224. The maximum Gasteiger partial charge on any atom is 0.305 e. The first-order valence-corrected chi connectivity index (χ1v) is 51.8. The highest BCUT2D eigenvalue weighted by Gasteiger charge is 2.40. The SMILES string of the molecule is CCCCCC(CCCCC)CCOC(=O)CCCCCCCCC(CCCCCCCCC(=O)OCCC(CCCCC)CC(CCC)C(CC)CCC(CCCCC)CCOC(=O)CCCCCCCCC1(CCCCCCCCC(=O)OCCC(CCCCC)CCCCC)OCC(CCN(C)C)O1)NC(=O)CN1CCCCC1. The molecular weight excluding hydrogens is 1460 g/mol. The number of nitrogens with one attached hydrogen (secondary N) is 1. The van der Waals surface area contributed by atoms with Gasteiger partial charge in [-0.15, -0.1) is 0 Å². The van der Waals surface area contributed by atoms with E-state index in [1.54, 1.807) is 0 Å². The summed E-state index contributed by atoms with van der Waals surface area (Å²) < 4.78 is 36.8. The van der Waals surface area contributed by atoms with E-state index >= 15 is 0 Å². The summed E-state index contributed by atoms with van der Waals surface area (Å²) in [7, 11) is 4.26. The van der Waals surface area contributed by atoms with Crippen LogP contribution in [0.15, 0.2) is 0 Å². The quantitative estimate of drug-likeness (QED) is 0.0349. The second-order valence-electron chi connectivity index (χ2n) is 37.7. The molecular formula is C103H197N3O11. The Balaban J connectivity index is 1.74. The zero-order valence-corrected chi connectivity index (χ0v) is 79.4. The van der Waals surface area contributed by atoms with Crippen molar-refractivity contribution in [2.45, 2.75) is 523 Å². The van der Waals surface area contributed by atoms with E-state index in [0.717, 1.165) is 219 Å². The normalized spacial score (nSPS) is 16.6. The number of amides is 1. The fourth-order valence-corrected chi connectivity index (χ4v) is 18.9. The molecule has 0 radical (unpaired) electrons. The second kappa shape index (κ2) is 79.1. The maximum absolute atomic E-state index is 13.3. The Morgan fingerprint density at radius 3 is 1.08 bits per heavy atom. The lowest BCUT2D eigenvalue weighted by Gasteiger charge is -2.31.